The second-order valence-corrected chi connectivity index (χ2v) is 14.4. The maximum Gasteiger partial charge on any atom is 0.307 e. The summed E-state index contributed by atoms with van der Waals surface area (Å²) in [6.45, 7) is 5.80. The lowest BCUT2D eigenvalue weighted by molar-refractivity contribution is -0.141. The molecule has 2 saturated heterocycles. The first kappa shape index (κ1) is 34.9. The van der Waals surface area contributed by atoms with Gasteiger partial charge in [0.05, 0.1) is 29.3 Å². The van der Waals surface area contributed by atoms with E-state index >= 15 is 0 Å². The van der Waals surface area contributed by atoms with Gasteiger partial charge >= 0.3 is 5.97 Å². The number of hydrogen-bond donors (Lipinski definition) is 3. The number of amides is 1. The van der Waals surface area contributed by atoms with Crippen molar-refractivity contribution in [2.24, 2.45) is 5.92 Å². The van der Waals surface area contributed by atoms with E-state index in [1.165, 1.54) is 5.56 Å². The summed E-state index contributed by atoms with van der Waals surface area (Å²) >= 11 is 7.23. The Bertz CT molecular complexity index is 2230. The van der Waals surface area contributed by atoms with Gasteiger partial charge in [-0.3, -0.25) is 19.5 Å². The summed E-state index contributed by atoms with van der Waals surface area (Å²) in [5, 5.41) is 16.4. The number of aromatic nitrogens is 4. The van der Waals surface area contributed by atoms with Gasteiger partial charge in [0.25, 0.3) is 0 Å². The Morgan fingerprint density at radius 2 is 1.87 bits per heavy atom. The zero-order valence-corrected chi connectivity index (χ0v) is 30.5. The molecule has 2 aromatic carbocycles. The highest BCUT2D eigenvalue weighted by atomic mass is 35.5. The fourth-order valence-electron chi connectivity index (χ4n) is 7.86. The Morgan fingerprint density at radius 3 is 2.66 bits per heavy atom. The average molecular weight is 733 g/mol. The van der Waals surface area contributed by atoms with E-state index < -0.39 is 5.97 Å². The number of carbonyl (C=O) groups excluding carboxylic acids is 1. The number of carboxylic acid groups (broad SMARTS) is 1. The van der Waals surface area contributed by atoms with Crippen LogP contribution in [0.15, 0.2) is 60.8 Å². The average Bonchev–Trinajstić information content (AvgIpc) is 3.91. The quantitative estimate of drug-likeness (QED) is 0.154. The van der Waals surface area contributed by atoms with Crippen LogP contribution in [0.25, 0.3) is 33.4 Å². The van der Waals surface area contributed by atoms with Gasteiger partial charge in [-0.05, 0) is 67.6 Å². The highest BCUT2D eigenvalue weighted by molar-refractivity contribution is 6.36. The van der Waals surface area contributed by atoms with Crippen molar-refractivity contribution in [3.8, 4) is 28.3 Å². The lowest BCUT2D eigenvalue weighted by Gasteiger charge is -2.21. The molecule has 6 heterocycles. The number of methoxy groups -OCH3 is 1. The summed E-state index contributed by atoms with van der Waals surface area (Å²) in [6.07, 6.45) is 4.74. The van der Waals surface area contributed by atoms with Gasteiger partial charge in [-0.15, -0.1) is 0 Å². The molecule has 3 N–H and O–H groups in total. The van der Waals surface area contributed by atoms with E-state index in [1.54, 1.807) is 7.11 Å². The Hall–Kier alpha value is -5.17. The van der Waals surface area contributed by atoms with Crippen molar-refractivity contribution in [2.75, 3.05) is 38.2 Å². The van der Waals surface area contributed by atoms with Crippen LogP contribution in [-0.4, -0.2) is 81.1 Å². The molecule has 53 heavy (non-hydrogen) atoms. The minimum absolute atomic E-state index is 0.104. The van der Waals surface area contributed by atoms with Crippen molar-refractivity contribution in [2.45, 2.75) is 51.7 Å². The Kier molecular flexibility index (Phi) is 9.67. The number of carbonyl (C=O) groups is 2. The third kappa shape index (κ3) is 7.01. The van der Waals surface area contributed by atoms with E-state index in [4.69, 9.17) is 36.3 Å². The SMILES string of the molecule is COc1nc(-c2cccc(-c3cccc4c3CCN4c3nc(C)nc4cc(CN5CC[C@@H](C(=O)O)C5)cnc34)c2Cl)ccc1CNC[C@@H]1CCC(=O)N1. The number of aryl methyl sites for hydroxylation is 1. The van der Waals surface area contributed by atoms with Crippen LogP contribution in [0.3, 0.4) is 0 Å². The van der Waals surface area contributed by atoms with E-state index in [1.807, 2.05) is 43.5 Å². The van der Waals surface area contributed by atoms with E-state index in [0.717, 1.165) is 82.0 Å². The molecule has 0 spiro atoms. The summed E-state index contributed by atoms with van der Waals surface area (Å²) in [4.78, 5) is 46.8. The maximum absolute atomic E-state index is 11.6. The van der Waals surface area contributed by atoms with Crippen LogP contribution < -0.4 is 20.3 Å². The Morgan fingerprint density at radius 1 is 1.04 bits per heavy atom. The minimum Gasteiger partial charge on any atom is -0.481 e. The van der Waals surface area contributed by atoms with Gasteiger partial charge in [0.15, 0.2) is 5.82 Å². The number of halogens is 1. The van der Waals surface area contributed by atoms with Gasteiger partial charge in [0.1, 0.15) is 11.3 Å². The predicted octanol–water partition coefficient (Wildman–Crippen LogP) is 5.69. The Balaban J connectivity index is 1.05. The second kappa shape index (κ2) is 14.7. The maximum atomic E-state index is 11.6. The lowest BCUT2D eigenvalue weighted by Crippen LogP contribution is -2.35. The number of hydrogen-bond acceptors (Lipinski definition) is 10. The van der Waals surface area contributed by atoms with E-state index in [0.29, 0.717) is 55.7 Å². The molecular weight excluding hydrogens is 692 g/mol. The molecule has 0 radical (unpaired) electrons. The van der Waals surface area contributed by atoms with Gasteiger partial charge in [0.2, 0.25) is 11.8 Å². The van der Waals surface area contributed by atoms with Gasteiger partial charge in [-0.1, -0.05) is 48.0 Å². The number of aliphatic carboxylic acids is 1. The molecule has 2 fully saturated rings. The molecule has 0 saturated carbocycles. The summed E-state index contributed by atoms with van der Waals surface area (Å²) in [7, 11) is 1.62. The van der Waals surface area contributed by atoms with Crippen molar-refractivity contribution in [3.05, 3.63) is 88.3 Å². The summed E-state index contributed by atoms with van der Waals surface area (Å²) in [5.41, 5.74) is 9.17. The largest absolute Gasteiger partial charge is 0.481 e. The number of anilines is 2. The van der Waals surface area contributed by atoms with Gasteiger partial charge in [0, 0.05) is 73.8 Å². The smallest absolute Gasteiger partial charge is 0.307 e. The first-order valence-electron chi connectivity index (χ1n) is 18.1. The van der Waals surface area contributed by atoms with Crippen LogP contribution in [0.4, 0.5) is 11.5 Å². The number of fused-ring (bicyclic) bond motifs is 2. The van der Waals surface area contributed by atoms with Crippen LogP contribution in [0.1, 0.15) is 41.8 Å². The molecule has 1 amide bonds. The minimum atomic E-state index is -0.734. The van der Waals surface area contributed by atoms with Gasteiger partial charge in [-0.2, -0.15) is 0 Å². The molecule has 0 bridgehead atoms. The highest BCUT2D eigenvalue weighted by Gasteiger charge is 2.30. The zero-order chi connectivity index (χ0) is 36.6. The molecule has 0 aliphatic carbocycles. The fourth-order valence-corrected chi connectivity index (χ4v) is 8.18. The second-order valence-electron chi connectivity index (χ2n) is 14.0. The van der Waals surface area contributed by atoms with Crippen molar-refractivity contribution in [3.63, 3.8) is 0 Å². The van der Waals surface area contributed by atoms with Crippen LogP contribution in [-0.2, 0) is 29.1 Å². The highest BCUT2D eigenvalue weighted by Crippen LogP contribution is 2.44. The molecule has 3 aromatic heterocycles. The predicted molar refractivity (Wildman–Crippen MR) is 203 cm³/mol. The number of ether oxygens (including phenoxy) is 1. The van der Waals surface area contributed by atoms with Crippen molar-refractivity contribution in [1.29, 1.82) is 0 Å². The third-order valence-corrected chi connectivity index (χ3v) is 10.9. The number of rotatable bonds is 11. The molecule has 12 nitrogen and oxygen atoms in total. The molecule has 3 aliphatic rings. The van der Waals surface area contributed by atoms with Crippen molar-refractivity contribution in [1.82, 2.24) is 35.5 Å². The van der Waals surface area contributed by atoms with Gasteiger partial charge < -0.3 is 25.4 Å². The summed E-state index contributed by atoms with van der Waals surface area (Å²) in [6, 6.07) is 18.5. The van der Waals surface area contributed by atoms with Crippen LogP contribution >= 0.6 is 11.6 Å². The third-order valence-electron chi connectivity index (χ3n) is 10.5. The van der Waals surface area contributed by atoms with Crippen molar-refractivity contribution < 1.29 is 19.4 Å². The monoisotopic (exact) mass is 732 g/mol. The molecule has 272 valence electrons. The molecule has 5 aromatic rings. The van der Waals surface area contributed by atoms with Crippen molar-refractivity contribution >= 4 is 46.0 Å². The molecule has 13 heteroatoms. The number of nitrogens with zero attached hydrogens (tertiary/aromatic N) is 6. The lowest BCUT2D eigenvalue weighted by atomic mass is 9.95. The standard InChI is InChI=1S/C40H41ClN8O4/c1-23-44-33-17-24(21-48-15-13-26(22-48)40(51)52)18-43-37(33)38(45-23)49-16-14-29-28(5-4-8-34(29)49)30-6-3-7-31(36(30)41)32-11-9-25(39(47-32)53-2)19-42-20-27-10-12-35(50)46-27/h3-9,11,17-18,26-27,42H,10,12-16,19-22H2,1-2H3,(H,46,50)(H,51,52)/t26-,27+/m1/s1. The zero-order valence-electron chi connectivity index (χ0n) is 29.7. The molecular formula is C40H41ClN8O4. The number of benzene rings is 2. The molecule has 3 aliphatic heterocycles. The van der Waals surface area contributed by atoms with Crippen LogP contribution in [0.5, 0.6) is 5.88 Å². The number of likely N-dealkylation sites (tertiary alicyclic amines) is 1. The number of pyridine rings is 2. The van der Waals surface area contributed by atoms with Crippen LogP contribution in [0, 0.1) is 12.8 Å². The molecule has 2 atom stereocenters. The first-order chi connectivity index (χ1) is 25.7. The Labute approximate surface area is 312 Å². The normalized spacial score (nSPS) is 18.5. The number of nitrogens with one attached hydrogen (secondary N) is 2. The first-order valence-corrected chi connectivity index (χ1v) is 18.4. The van der Waals surface area contributed by atoms with E-state index in [2.05, 4.69) is 44.7 Å². The van der Waals surface area contributed by atoms with Crippen LogP contribution in [0.2, 0.25) is 5.02 Å². The topological polar surface area (TPSA) is 146 Å². The van der Waals surface area contributed by atoms with E-state index in [-0.39, 0.29) is 17.9 Å². The summed E-state index contributed by atoms with van der Waals surface area (Å²) < 4.78 is 5.70. The summed E-state index contributed by atoms with van der Waals surface area (Å²) in [5.74, 6) is 0.998. The molecule has 0 unspecified atom stereocenters. The fraction of sp³-hybridized carbons (Fsp3) is 0.350. The number of carboxylic acids is 1. The molecule has 8 rings (SSSR count). The van der Waals surface area contributed by atoms with E-state index in [9.17, 15) is 14.7 Å². The van der Waals surface area contributed by atoms with Gasteiger partial charge in [-0.25, -0.2) is 15.0 Å².